The van der Waals surface area contributed by atoms with Crippen molar-refractivity contribution in [2.24, 2.45) is 5.92 Å². The smallest absolute Gasteiger partial charge is 0.337 e. The van der Waals surface area contributed by atoms with E-state index in [1.165, 1.54) is 43.5 Å². The molecule has 34 heavy (non-hydrogen) atoms. The molecule has 1 aliphatic heterocycles. The number of fused-ring (bicyclic) bond motifs is 1. The Morgan fingerprint density at radius 2 is 1.59 bits per heavy atom. The lowest BCUT2D eigenvalue weighted by Gasteiger charge is -2.30. The van der Waals surface area contributed by atoms with E-state index in [4.69, 9.17) is 14.9 Å². The van der Waals surface area contributed by atoms with Crippen LogP contribution in [0.15, 0.2) is 53.3 Å². The van der Waals surface area contributed by atoms with Crippen molar-refractivity contribution < 1.29 is 29.3 Å². The van der Waals surface area contributed by atoms with Crippen LogP contribution in [0.2, 0.25) is 0 Å². The number of phenolic OH excluding ortho intramolecular Hbond substituents is 2. The van der Waals surface area contributed by atoms with Gasteiger partial charge in [0, 0.05) is 5.92 Å². The van der Waals surface area contributed by atoms with Gasteiger partial charge >= 0.3 is 11.9 Å². The Kier molecular flexibility index (Phi) is 6.08. The van der Waals surface area contributed by atoms with Gasteiger partial charge in [0.1, 0.15) is 27.9 Å². The van der Waals surface area contributed by atoms with E-state index in [1.54, 1.807) is 18.2 Å². The molecule has 0 aliphatic carbocycles. The summed E-state index contributed by atoms with van der Waals surface area (Å²) in [5, 5.41) is 28.0. The monoisotopic (exact) mass is 480 g/mol. The van der Waals surface area contributed by atoms with Crippen molar-refractivity contribution in [3.8, 4) is 11.5 Å². The Hall–Kier alpha value is -4.18. The Morgan fingerprint density at radius 3 is 2.15 bits per heavy atom. The van der Waals surface area contributed by atoms with Crippen molar-refractivity contribution in [1.29, 1.82) is 5.41 Å². The summed E-state index contributed by atoms with van der Waals surface area (Å²) in [4.78, 5) is 39.1. The summed E-state index contributed by atoms with van der Waals surface area (Å²) in [5.74, 6) is -4.11. The molecule has 1 aromatic heterocycles. The molecule has 2 heterocycles. The summed E-state index contributed by atoms with van der Waals surface area (Å²) < 4.78 is 11.4. The minimum Gasteiger partial charge on any atom is -0.508 e. The number of ether oxygens (including phenoxy) is 2. The topological polar surface area (TPSA) is 139 Å². The number of aromatic hydroxyl groups is 2. The second-order valence-corrected chi connectivity index (χ2v) is 8.54. The lowest BCUT2D eigenvalue weighted by atomic mass is 9.78. The predicted octanol–water partition coefficient (Wildman–Crippen LogP) is 0.885. The number of rotatable bonds is 4. The lowest BCUT2D eigenvalue weighted by Crippen LogP contribution is -2.50. The van der Waals surface area contributed by atoms with Gasteiger partial charge in [0.25, 0.3) is 5.56 Å². The van der Waals surface area contributed by atoms with Gasteiger partial charge in [-0.25, -0.2) is 4.79 Å². The Morgan fingerprint density at radius 1 is 1.00 bits per heavy atom. The molecule has 0 bridgehead atoms. The molecule has 3 N–H and O–H groups in total. The first-order valence-corrected chi connectivity index (χ1v) is 10.9. The first kappa shape index (κ1) is 23.0. The average molecular weight is 480 g/mol. The number of hydrogen-bond donors (Lipinski definition) is 3. The maximum atomic E-state index is 13.3. The second-order valence-electron chi connectivity index (χ2n) is 7.51. The third-order valence-corrected chi connectivity index (χ3v) is 6.65. The summed E-state index contributed by atoms with van der Waals surface area (Å²) in [6, 6.07) is 12.1. The number of nitrogens with one attached hydrogen (secondary N) is 1. The number of hydrogen-bond acceptors (Lipinski definition) is 9. The third kappa shape index (κ3) is 3.88. The van der Waals surface area contributed by atoms with Crippen molar-refractivity contribution in [3.63, 3.8) is 0 Å². The van der Waals surface area contributed by atoms with Gasteiger partial charge in [0.05, 0.1) is 24.3 Å². The maximum absolute atomic E-state index is 13.3. The quantitative estimate of drug-likeness (QED) is 0.471. The second kappa shape index (κ2) is 8.99. The van der Waals surface area contributed by atoms with Gasteiger partial charge in [-0.05, 0) is 41.5 Å². The van der Waals surface area contributed by atoms with E-state index >= 15 is 0 Å². The van der Waals surface area contributed by atoms with Gasteiger partial charge in [-0.3, -0.25) is 19.6 Å². The first-order valence-electron chi connectivity index (χ1n) is 10.1. The van der Waals surface area contributed by atoms with Crippen LogP contribution in [-0.2, 0) is 19.1 Å². The highest BCUT2D eigenvalue weighted by Crippen LogP contribution is 2.37. The molecule has 2 atom stereocenters. The molecule has 174 valence electrons. The van der Waals surface area contributed by atoms with Gasteiger partial charge in [0.15, 0.2) is 0 Å². The zero-order valence-electron chi connectivity index (χ0n) is 18.1. The minimum atomic E-state index is -1.30. The lowest BCUT2D eigenvalue weighted by molar-refractivity contribution is -0.143. The van der Waals surface area contributed by atoms with Crippen LogP contribution in [0, 0.1) is 11.3 Å². The largest absolute Gasteiger partial charge is 0.508 e. The molecular formula is C24H20N2O7S. The van der Waals surface area contributed by atoms with Crippen LogP contribution < -0.4 is 14.8 Å². The van der Waals surface area contributed by atoms with Gasteiger partial charge in [-0.2, -0.15) is 0 Å². The number of thiazole rings is 1. The number of carbonyl (C=O) groups excluding carboxylic acids is 2. The minimum absolute atomic E-state index is 0.0114. The molecule has 0 fully saturated rings. The number of aromatic nitrogens is 1. The summed E-state index contributed by atoms with van der Waals surface area (Å²) in [5.41, 5.74) is 0.555. The number of carbonyl (C=O) groups is 2. The van der Waals surface area contributed by atoms with E-state index in [-0.39, 0.29) is 32.1 Å². The summed E-state index contributed by atoms with van der Waals surface area (Å²) in [6.45, 7) is 0. The highest BCUT2D eigenvalue weighted by atomic mass is 32.1. The van der Waals surface area contributed by atoms with Crippen molar-refractivity contribution in [1.82, 2.24) is 4.57 Å². The van der Waals surface area contributed by atoms with Crippen LogP contribution in [0.25, 0.3) is 11.6 Å². The fraction of sp³-hybridized carbons (Fsp3) is 0.167. The maximum Gasteiger partial charge on any atom is 0.337 e. The fourth-order valence-corrected chi connectivity index (χ4v) is 5.11. The molecule has 4 rings (SSSR count). The molecule has 10 heteroatoms. The molecule has 2 unspecified atom stereocenters. The number of benzene rings is 2. The highest BCUT2D eigenvalue weighted by Gasteiger charge is 2.45. The van der Waals surface area contributed by atoms with Gasteiger partial charge in [-0.15, -0.1) is 11.3 Å². The van der Waals surface area contributed by atoms with Gasteiger partial charge < -0.3 is 19.7 Å². The van der Waals surface area contributed by atoms with Gasteiger partial charge in [-0.1, -0.05) is 24.3 Å². The Balaban J connectivity index is 2.08. The molecule has 0 spiro atoms. The summed E-state index contributed by atoms with van der Waals surface area (Å²) >= 11 is 0.992. The number of methoxy groups -OCH3 is 2. The first-order chi connectivity index (χ1) is 16.3. The Bertz CT molecular complexity index is 1470. The van der Waals surface area contributed by atoms with Crippen molar-refractivity contribution in [2.45, 2.75) is 5.92 Å². The van der Waals surface area contributed by atoms with Crippen molar-refractivity contribution >= 4 is 40.8 Å². The molecule has 0 saturated carbocycles. The third-order valence-electron chi connectivity index (χ3n) is 5.54. The summed E-state index contributed by atoms with van der Waals surface area (Å²) in [6.07, 6.45) is 1.57. The predicted molar refractivity (Wildman–Crippen MR) is 124 cm³/mol. The van der Waals surface area contributed by atoms with Crippen molar-refractivity contribution in [3.05, 3.63) is 79.2 Å². The SMILES string of the molecule is COC(=O)C1=c2s/c(=C\c3ccc(O)cc3)c(=O)n2C(=N)C(C(=O)OC)C1c1ccc(O)cc1. The van der Waals surface area contributed by atoms with Crippen LogP contribution in [0.1, 0.15) is 17.0 Å². The number of esters is 2. The number of phenols is 2. The molecule has 9 nitrogen and oxygen atoms in total. The molecular weight excluding hydrogens is 460 g/mol. The van der Waals surface area contributed by atoms with Gasteiger partial charge in [0.2, 0.25) is 0 Å². The molecule has 0 amide bonds. The zero-order valence-corrected chi connectivity index (χ0v) is 19.0. The molecule has 2 aromatic carbocycles. The highest BCUT2D eigenvalue weighted by molar-refractivity contribution is 7.07. The van der Waals surface area contributed by atoms with Crippen LogP contribution >= 0.6 is 11.3 Å². The molecule has 0 saturated heterocycles. The zero-order chi connectivity index (χ0) is 24.6. The van der Waals surface area contributed by atoms with Crippen LogP contribution in [0.3, 0.4) is 0 Å². The van der Waals surface area contributed by atoms with Crippen LogP contribution in [0.4, 0.5) is 0 Å². The van der Waals surface area contributed by atoms with Crippen LogP contribution in [0.5, 0.6) is 11.5 Å². The molecule has 3 aromatic rings. The molecule has 0 radical (unpaired) electrons. The average Bonchev–Trinajstić information content (AvgIpc) is 3.15. The number of nitrogens with zero attached hydrogens (tertiary/aromatic N) is 1. The van der Waals surface area contributed by atoms with E-state index in [2.05, 4.69) is 0 Å². The van der Waals surface area contributed by atoms with Crippen molar-refractivity contribution in [2.75, 3.05) is 14.2 Å². The molecule has 1 aliphatic rings. The van der Waals surface area contributed by atoms with E-state index < -0.39 is 29.3 Å². The summed E-state index contributed by atoms with van der Waals surface area (Å²) in [7, 11) is 2.35. The van der Waals surface area contributed by atoms with E-state index in [0.717, 1.165) is 23.0 Å². The van der Waals surface area contributed by atoms with E-state index in [0.29, 0.717) is 11.1 Å². The van der Waals surface area contributed by atoms with Crippen LogP contribution in [-0.4, -0.2) is 46.8 Å². The normalized spacial score (nSPS) is 17.9. The van der Waals surface area contributed by atoms with E-state index in [1.807, 2.05) is 0 Å². The van der Waals surface area contributed by atoms with E-state index in [9.17, 15) is 24.6 Å². The fourth-order valence-electron chi connectivity index (χ4n) is 3.94. The Labute approximate surface area is 197 Å². The standard InChI is InChI=1S/C24H20N2O7S/c1-32-23(30)18-17(13-5-9-15(28)10-6-13)19(24(31)33-2)22-26(20(18)25)21(29)16(34-22)11-12-3-7-14(27)8-4-12/h3-11,17-18,25,27-28H,1-2H3/b16-11-,25-20?.